The zero-order valence-corrected chi connectivity index (χ0v) is 13.9. The molecule has 1 amide bonds. The fraction of sp³-hybridized carbons (Fsp3) is 0.562. The van der Waals surface area contributed by atoms with Crippen LogP contribution in [0.15, 0.2) is 18.2 Å². The van der Waals surface area contributed by atoms with Crippen LogP contribution in [0, 0.1) is 10.5 Å². The van der Waals surface area contributed by atoms with E-state index in [1.54, 1.807) is 0 Å². The van der Waals surface area contributed by atoms with Gasteiger partial charge in [0, 0.05) is 10.1 Å². The topological polar surface area (TPSA) is 29.5 Å². The number of halogens is 1. The van der Waals surface area contributed by atoms with E-state index >= 15 is 0 Å². The predicted octanol–water partition coefficient (Wildman–Crippen LogP) is 3.38. The van der Waals surface area contributed by atoms with Crippen molar-refractivity contribution in [1.29, 1.82) is 0 Å². The molecule has 20 heavy (non-hydrogen) atoms. The van der Waals surface area contributed by atoms with Gasteiger partial charge in [-0.1, -0.05) is 25.0 Å². The van der Waals surface area contributed by atoms with Crippen molar-refractivity contribution in [3.63, 3.8) is 0 Å². The lowest BCUT2D eigenvalue weighted by atomic mass is 9.89. The van der Waals surface area contributed by atoms with Crippen molar-refractivity contribution in [3.05, 3.63) is 32.9 Å². The fourth-order valence-corrected chi connectivity index (χ4v) is 3.91. The Morgan fingerprint density at radius 3 is 3.00 bits per heavy atom. The van der Waals surface area contributed by atoms with Crippen molar-refractivity contribution in [2.24, 2.45) is 0 Å². The number of hydrogen-bond acceptors (Lipinski definition) is 2. The first-order valence-corrected chi connectivity index (χ1v) is 8.44. The molecule has 1 aromatic rings. The molecule has 3 rings (SSSR count). The van der Waals surface area contributed by atoms with E-state index in [0.717, 1.165) is 28.5 Å². The van der Waals surface area contributed by atoms with Gasteiger partial charge in [-0.15, -0.1) is 0 Å². The van der Waals surface area contributed by atoms with Crippen LogP contribution >= 0.6 is 22.6 Å². The first kappa shape index (κ1) is 14.3. The van der Waals surface area contributed by atoms with E-state index in [0.29, 0.717) is 6.61 Å². The molecular formula is C16H20INO2. The number of carbonyl (C=O) groups excluding carboxylic acids is 1. The number of rotatable bonds is 1. The number of morpholine rings is 1. The molecule has 1 heterocycles. The third-order valence-electron chi connectivity index (χ3n) is 4.42. The van der Waals surface area contributed by atoms with E-state index in [4.69, 9.17) is 4.74 Å². The summed E-state index contributed by atoms with van der Waals surface area (Å²) in [5.41, 5.74) is 2.02. The highest BCUT2D eigenvalue weighted by atomic mass is 127. The average Bonchev–Trinajstić information content (AvgIpc) is 2.49. The summed E-state index contributed by atoms with van der Waals surface area (Å²) in [6.07, 6.45) is 4.87. The molecule has 1 aliphatic carbocycles. The van der Waals surface area contributed by atoms with Gasteiger partial charge < -0.3 is 9.64 Å². The lowest BCUT2D eigenvalue weighted by molar-refractivity contribution is -0.0753. The molecule has 0 bridgehead atoms. The number of hydrogen-bond donors (Lipinski definition) is 0. The minimum atomic E-state index is 0.179. The van der Waals surface area contributed by atoms with Gasteiger partial charge in [0.2, 0.25) is 0 Å². The Bertz CT molecular complexity index is 515. The summed E-state index contributed by atoms with van der Waals surface area (Å²) < 4.78 is 6.93. The second-order valence-electron chi connectivity index (χ2n) is 5.70. The largest absolute Gasteiger partial charge is 0.374 e. The molecule has 2 aliphatic rings. The molecule has 2 unspecified atom stereocenters. The van der Waals surface area contributed by atoms with Gasteiger partial charge in [0.05, 0.1) is 24.3 Å². The van der Waals surface area contributed by atoms with Crippen molar-refractivity contribution < 1.29 is 9.53 Å². The van der Waals surface area contributed by atoms with Crippen molar-refractivity contribution in [3.8, 4) is 0 Å². The van der Waals surface area contributed by atoms with Crippen LogP contribution in [0.5, 0.6) is 0 Å². The maximum Gasteiger partial charge on any atom is 0.255 e. The van der Waals surface area contributed by atoms with Crippen molar-refractivity contribution in [2.45, 2.75) is 44.8 Å². The third-order valence-corrected chi connectivity index (χ3v) is 5.85. The van der Waals surface area contributed by atoms with Crippen LogP contribution in [0.1, 0.15) is 41.6 Å². The molecule has 1 saturated heterocycles. The van der Waals surface area contributed by atoms with Gasteiger partial charge in [-0.25, -0.2) is 0 Å². The number of benzene rings is 1. The van der Waals surface area contributed by atoms with Gasteiger partial charge in [-0.05, 0) is 54.0 Å². The Kier molecular flexibility index (Phi) is 4.31. The summed E-state index contributed by atoms with van der Waals surface area (Å²) in [5.74, 6) is 0.179. The van der Waals surface area contributed by atoms with E-state index in [1.807, 2.05) is 12.1 Å². The standard InChI is InChI=1S/C16H20INO2/c1-11-5-4-6-12(15(11)17)16(19)18-9-10-20-14-8-3-2-7-13(14)18/h4-6,13-14H,2-3,7-10H2,1H3. The molecule has 2 atom stereocenters. The smallest absolute Gasteiger partial charge is 0.255 e. The summed E-state index contributed by atoms with van der Waals surface area (Å²) >= 11 is 2.29. The molecule has 1 aliphatic heterocycles. The lowest BCUT2D eigenvalue weighted by Crippen LogP contribution is -2.54. The summed E-state index contributed by atoms with van der Waals surface area (Å²) in [5, 5.41) is 0. The monoisotopic (exact) mass is 385 g/mol. The van der Waals surface area contributed by atoms with Crippen molar-refractivity contribution in [1.82, 2.24) is 4.90 Å². The Morgan fingerprint density at radius 1 is 1.35 bits per heavy atom. The van der Waals surface area contributed by atoms with E-state index in [9.17, 15) is 4.79 Å². The van der Waals surface area contributed by atoms with Crippen LogP contribution in [-0.4, -0.2) is 36.1 Å². The van der Waals surface area contributed by atoms with Crippen LogP contribution in [-0.2, 0) is 4.74 Å². The highest BCUT2D eigenvalue weighted by Crippen LogP contribution is 2.30. The Morgan fingerprint density at radius 2 is 2.15 bits per heavy atom. The molecule has 4 heteroatoms. The van der Waals surface area contributed by atoms with E-state index in [1.165, 1.54) is 18.4 Å². The number of nitrogens with zero attached hydrogens (tertiary/aromatic N) is 1. The molecular weight excluding hydrogens is 365 g/mol. The van der Waals surface area contributed by atoms with E-state index < -0.39 is 0 Å². The van der Waals surface area contributed by atoms with Gasteiger partial charge >= 0.3 is 0 Å². The summed E-state index contributed by atoms with van der Waals surface area (Å²) in [6.45, 7) is 3.46. The first-order chi connectivity index (χ1) is 9.68. The minimum Gasteiger partial charge on any atom is -0.374 e. The average molecular weight is 385 g/mol. The van der Waals surface area contributed by atoms with Crippen molar-refractivity contribution in [2.75, 3.05) is 13.2 Å². The van der Waals surface area contributed by atoms with Crippen LogP contribution in [0.2, 0.25) is 0 Å². The van der Waals surface area contributed by atoms with Crippen LogP contribution in [0.4, 0.5) is 0 Å². The molecule has 0 radical (unpaired) electrons. The molecule has 0 spiro atoms. The normalized spacial score (nSPS) is 26.2. The maximum atomic E-state index is 12.9. The van der Waals surface area contributed by atoms with Gasteiger partial charge in [0.1, 0.15) is 0 Å². The zero-order valence-electron chi connectivity index (χ0n) is 11.8. The number of fused-ring (bicyclic) bond motifs is 1. The van der Waals surface area contributed by atoms with Crippen LogP contribution in [0.3, 0.4) is 0 Å². The summed E-state index contributed by atoms with van der Waals surface area (Å²) in [7, 11) is 0. The second kappa shape index (κ2) is 6.02. The van der Waals surface area contributed by atoms with Crippen molar-refractivity contribution >= 4 is 28.5 Å². The number of amides is 1. The minimum absolute atomic E-state index is 0.179. The number of carbonyl (C=O) groups is 1. The molecule has 2 fully saturated rings. The summed E-state index contributed by atoms with van der Waals surface area (Å²) in [6, 6.07) is 6.26. The maximum absolute atomic E-state index is 12.9. The molecule has 108 valence electrons. The molecule has 0 N–H and O–H groups in total. The van der Waals surface area contributed by atoms with Gasteiger partial charge in [-0.2, -0.15) is 0 Å². The van der Waals surface area contributed by atoms with Gasteiger partial charge in [0.15, 0.2) is 0 Å². The molecule has 1 aromatic carbocycles. The predicted molar refractivity (Wildman–Crippen MR) is 86.9 cm³/mol. The Balaban J connectivity index is 1.87. The lowest BCUT2D eigenvalue weighted by Gasteiger charge is -2.44. The zero-order chi connectivity index (χ0) is 14.1. The highest BCUT2D eigenvalue weighted by Gasteiger charge is 2.37. The molecule has 0 aromatic heterocycles. The third kappa shape index (κ3) is 2.60. The number of aryl methyl sites for hydroxylation is 1. The highest BCUT2D eigenvalue weighted by molar-refractivity contribution is 14.1. The van der Waals surface area contributed by atoms with Gasteiger partial charge in [0.25, 0.3) is 5.91 Å². The Hall–Kier alpha value is -0.620. The fourth-order valence-electron chi connectivity index (χ4n) is 3.32. The summed E-state index contributed by atoms with van der Waals surface area (Å²) in [4.78, 5) is 15.0. The second-order valence-corrected chi connectivity index (χ2v) is 6.77. The van der Waals surface area contributed by atoms with E-state index in [2.05, 4.69) is 40.5 Å². The van der Waals surface area contributed by atoms with E-state index in [-0.39, 0.29) is 18.1 Å². The first-order valence-electron chi connectivity index (χ1n) is 7.36. The van der Waals surface area contributed by atoms with Gasteiger partial charge in [-0.3, -0.25) is 4.79 Å². The quantitative estimate of drug-likeness (QED) is 0.694. The Labute approximate surface area is 133 Å². The SMILES string of the molecule is Cc1cccc(C(=O)N2CCOC3CCCCC32)c1I. The number of ether oxygens (including phenoxy) is 1. The van der Waals surface area contributed by atoms with Crippen LogP contribution < -0.4 is 0 Å². The van der Waals surface area contributed by atoms with Crippen LogP contribution in [0.25, 0.3) is 0 Å². The molecule has 1 saturated carbocycles. The molecule has 3 nitrogen and oxygen atoms in total.